The fourth-order valence-electron chi connectivity index (χ4n) is 2.57. The van der Waals surface area contributed by atoms with E-state index < -0.39 is 0 Å². The monoisotopic (exact) mass is 333 g/mol. The molecule has 0 spiro atoms. The molecule has 0 unspecified atom stereocenters. The summed E-state index contributed by atoms with van der Waals surface area (Å²) in [6, 6.07) is 16.2. The van der Waals surface area contributed by atoms with Crippen molar-refractivity contribution in [1.29, 1.82) is 0 Å². The van der Waals surface area contributed by atoms with Gasteiger partial charge in [0, 0.05) is 25.3 Å². The van der Waals surface area contributed by atoms with Gasteiger partial charge in [-0.3, -0.25) is 4.79 Å². The number of nitrogens with zero attached hydrogens (tertiary/aromatic N) is 1. The third kappa shape index (κ3) is 6.07. The average molecular weight is 333 g/mol. The lowest BCUT2D eigenvalue weighted by atomic mass is 10.0. The van der Waals surface area contributed by atoms with Gasteiger partial charge in [-0.15, -0.1) is 0 Å². The normalized spacial score (nSPS) is 11.6. The number of carbonyl (C=O) groups is 1. The Labute approximate surface area is 151 Å². The molecule has 0 aliphatic carbocycles. The summed E-state index contributed by atoms with van der Waals surface area (Å²) in [5.74, 6) is 0.655. The molecule has 130 valence electrons. The van der Waals surface area contributed by atoms with E-state index in [1.54, 1.807) is 12.2 Å². The predicted molar refractivity (Wildman–Crippen MR) is 108 cm³/mol. The van der Waals surface area contributed by atoms with E-state index in [2.05, 4.69) is 43.0 Å². The summed E-state index contributed by atoms with van der Waals surface area (Å²) in [6.07, 6.45) is 8.34. The van der Waals surface area contributed by atoms with Crippen molar-refractivity contribution in [3.63, 3.8) is 0 Å². The molecule has 25 heavy (non-hydrogen) atoms. The first-order chi connectivity index (χ1) is 12.0. The lowest BCUT2D eigenvalue weighted by molar-refractivity contribution is 0.104. The van der Waals surface area contributed by atoms with Crippen molar-refractivity contribution >= 4 is 17.5 Å². The van der Waals surface area contributed by atoms with Crippen LogP contribution in [0.3, 0.4) is 0 Å². The van der Waals surface area contributed by atoms with Crippen molar-refractivity contribution in [3.8, 4) is 0 Å². The zero-order valence-corrected chi connectivity index (χ0v) is 15.6. The molecule has 2 heteroatoms. The number of anilines is 1. The summed E-state index contributed by atoms with van der Waals surface area (Å²) in [4.78, 5) is 14.3. The third-order valence-corrected chi connectivity index (χ3v) is 3.94. The average Bonchev–Trinajstić information content (AvgIpc) is 2.59. The molecule has 0 radical (unpaired) electrons. The zero-order chi connectivity index (χ0) is 18.2. The highest BCUT2D eigenvalue weighted by molar-refractivity contribution is 6.04. The molecule has 0 heterocycles. The quantitative estimate of drug-likeness (QED) is 0.384. The number of carbonyl (C=O) groups excluding carboxylic acids is 1. The van der Waals surface area contributed by atoms with Crippen molar-refractivity contribution in [2.24, 2.45) is 5.92 Å². The largest absolute Gasteiger partial charge is 0.378 e. The van der Waals surface area contributed by atoms with Gasteiger partial charge in [0.2, 0.25) is 0 Å². The van der Waals surface area contributed by atoms with Crippen LogP contribution in [0.1, 0.15) is 35.3 Å². The zero-order valence-electron chi connectivity index (χ0n) is 15.6. The van der Waals surface area contributed by atoms with Crippen LogP contribution in [0.4, 0.5) is 5.69 Å². The van der Waals surface area contributed by atoms with E-state index in [0.29, 0.717) is 5.92 Å². The summed E-state index contributed by atoms with van der Waals surface area (Å²) in [7, 11) is 4.04. The minimum absolute atomic E-state index is 0.0312. The standard InChI is InChI=1S/C23H27NO/c1-18(2)17-20-9-13-21(14-10-20)23(25)8-6-5-7-19-11-15-22(16-12-19)24(3)4/h5-16,18H,17H2,1-4H3/b7-5+,8-6+. The van der Waals surface area contributed by atoms with Crippen LogP contribution in [-0.4, -0.2) is 19.9 Å². The van der Waals surface area contributed by atoms with Crippen LogP contribution in [-0.2, 0) is 6.42 Å². The van der Waals surface area contributed by atoms with Crippen molar-refractivity contribution < 1.29 is 4.79 Å². The highest BCUT2D eigenvalue weighted by Crippen LogP contribution is 2.13. The number of rotatable bonds is 7. The number of allylic oxidation sites excluding steroid dienone is 3. The molecule has 0 aliphatic rings. The van der Waals surface area contributed by atoms with Crippen molar-refractivity contribution in [2.75, 3.05) is 19.0 Å². The minimum atomic E-state index is 0.0312. The maximum Gasteiger partial charge on any atom is 0.185 e. The fourth-order valence-corrected chi connectivity index (χ4v) is 2.57. The van der Waals surface area contributed by atoms with E-state index in [1.807, 2.05) is 50.5 Å². The Kier molecular flexibility index (Phi) is 6.76. The first kappa shape index (κ1) is 18.7. The Morgan fingerprint density at radius 2 is 1.60 bits per heavy atom. The van der Waals surface area contributed by atoms with E-state index >= 15 is 0 Å². The van der Waals surface area contributed by atoms with Crippen LogP contribution in [0.5, 0.6) is 0 Å². The van der Waals surface area contributed by atoms with Gasteiger partial charge in [-0.25, -0.2) is 0 Å². The number of ketones is 1. The Bertz CT molecular complexity index is 735. The number of hydrogen-bond acceptors (Lipinski definition) is 2. The molecule has 0 fully saturated rings. The second-order valence-electron chi connectivity index (χ2n) is 6.86. The maximum atomic E-state index is 12.2. The van der Waals surface area contributed by atoms with Crippen LogP contribution < -0.4 is 4.90 Å². The van der Waals surface area contributed by atoms with Crippen LogP contribution in [0.2, 0.25) is 0 Å². The number of benzene rings is 2. The third-order valence-electron chi connectivity index (χ3n) is 3.94. The Balaban J connectivity index is 1.93. The highest BCUT2D eigenvalue weighted by atomic mass is 16.1. The molecule has 2 aromatic rings. The van der Waals surface area contributed by atoms with Crippen molar-refractivity contribution in [2.45, 2.75) is 20.3 Å². The summed E-state index contributed by atoms with van der Waals surface area (Å²) in [6.45, 7) is 4.39. The molecule has 0 N–H and O–H groups in total. The van der Waals surface area contributed by atoms with Gasteiger partial charge in [-0.2, -0.15) is 0 Å². The number of hydrogen-bond donors (Lipinski definition) is 0. The van der Waals surface area contributed by atoms with Crippen molar-refractivity contribution in [3.05, 3.63) is 83.4 Å². The molecule has 0 bridgehead atoms. The molecular formula is C23H27NO. The second-order valence-corrected chi connectivity index (χ2v) is 6.86. The summed E-state index contributed by atoms with van der Waals surface area (Å²) < 4.78 is 0. The van der Waals surface area contributed by atoms with E-state index in [-0.39, 0.29) is 5.78 Å². The molecule has 2 nitrogen and oxygen atoms in total. The minimum Gasteiger partial charge on any atom is -0.378 e. The van der Waals surface area contributed by atoms with Crippen molar-refractivity contribution in [1.82, 2.24) is 0 Å². The van der Waals surface area contributed by atoms with E-state index in [0.717, 1.165) is 17.5 Å². The van der Waals surface area contributed by atoms with E-state index in [9.17, 15) is 4.79 Å². The molecule has 0 atom stereocenters. The van der Waals surface area contributed by atoms with Crippen LogP contribution in [0, 0.1) is 5.92 Å². The lowest BCUT2D eigenvalue weighted by Crippen LogP contribution is -2.07. The second kappa shape index (κ2) is 9.03. The molecule has 2 rings (SSSR count). The lowest BCUT2D eigenvalue weighted by Gasteiger charge is -2.11. The SMILES string of the molecule is CC(C)Cc1ccc(C(=O)/C=C/C=C/c2ccc(N(C)C)cc2)cc1. The highest BCUT2D eigenvalue weighted by Gasteiger charge is 2.02. The molecular weight excluding hydrogens is 306 g/mol. The van der Waals surface area contributed by atoms with Gasteiger partial charge in [-0.1, -0.05) is 68.5 Å². The van der Waals surface area contributed by atoms with Crippen LogP contribution >= 0.6 is 0 Å². The van der Waals surface area contributed by atoms with Gasteiger partial charge >= 0.3 is 0 Å². The Morgan fingerprint density at radius 3 is 2.16 bits per heavy atom. The van der Waals surface area contributed by atoms with Gasteiger partial charge in [0.05, 0.1) is 0 Å². The van der Waals surface area contributed by atoms with E-state index in [4.69, 9.17) is 0 Å². The molecule has 2 aromatic carbocycles. The molecule has 0 amide bonds. The van der Waals surface area contributed by atoms with Gasteiger partial charge in [0.15, 0.2) is 5.78 Å². The van der Waals surface area contributed by atoms with Gasteiger partial charge in [-0.05, 0) is 41.7 Å². The van der Waals surface area contributed by atoms with Gasteiger partial charge in [0.25, 0.3) is 0 Å². The van der Waals surface area contributed by atoms with Crippen LogP contribution in [0.25, 0.3) is 6.08 Å². The summed E-state index contributed by atoms with van der Waals surface area (Å²) >= 11 is 0. The van der Waals surface area contributed by atoms with Gasteiger partial charge in [0.1, 0.15) is 0 Å². The summed E-state index contributed by atoms with van der Waals surface area (Å²) in [5.41, 5.74) is 4.29. The molecule has 0 saturated carbocycles. The predicted octanol–water partition coefficient (Wildman–Crippen LogP) is 5.40. The molecule has 0 saturated heterocycles. The first-order valence-electron chi connectivity index (χ1n) is 8.71. The Hall–Kier alpha value is -2.61. The molecule has 0 aliphatic heterocycles. The first-order valence-corrected chi connectivity index (χ1v) is 8.71. The summed E-state index contributed by atoms with van der Waals surface area (Å²) in [5, 5.41) is 0. The van der Waals surface area contributed by atoms with Crippen LogP contribution in [0.15, 0.2) is 66.8 Å². The van der Waals surface area contributed by atoms with E-state index in [1.165, 1.54) is 11.3 Å². The van der Waals surface area contributed by atoms with Gasteiger partial charge < -0.3 is 4.90 Å². The smallest absolute Gasteiger partial charge is 0.185 e. The topological polar surface area (TPSA) is 20.3 Å². The Morgan fingerprint density at radius 1 is 0.960 bits per heavy atom. The molecule has 0 aromatic heterocycles. The maximum absolute atomic E-state index is 12.2. The fraction of sp³-hybridized carbons (Fsp3) is 0.261.